The number of rotatable bonds is 11. The van der Waals surface area contributed by atoms with Gasteiger partial charge in [-0.2, -0.15) is 0 Å². The number of ether oxygens (including phenoxy) is 2. The number of carbonyl (C=O) groups is 2. The highest BCUT2D eigenvalue weighted by molar-refractivity contribution is 5.72. The second-order valence-electron chi connectivity index (χ2n) is 8.32. The highest BCUT2D eigenvalue weighted by atomic mass is 16.6. The number of hydrogen-bond donors (Lipinski definition) is 2. The van der Waals surface area contributed by atoms with Gasteiger partial charge in [0, 0.05) is 25.1 Å². The Morgan fingerprint density at radius 1 is 1.21 bits per heavy atom. The van der Waals surface area contributed by atoms with Gasteiger partial charge < -0.3 is 20.5 Å². The summed E-state index contributed by atoms with van der Waals surface area (Å²) in [6.07, 6.45) is 0.0279. The summed E-state index contributed by atoms with van der Waals surface area (Å²) in [7, 11) is 0. The smallest absolute Gasteiger partial charge is 0.311 e. The third-order valence-electron chi connectivity index (χ3n) is 6.13. The zero-order chi connectivity index (χ0) is 24.5. The van der Waals surface area contributed by atoms with Crippen LogP contribution in [0.25, 0.3) is 0 Å². The minimum absolute atomic E-state index is 0.0752. The number of para-hydroxylation sites is 2. The fourth-order valence-corrected chi connectivity index (χ4v) is 4.07. The maximum absolute atomic E-state index is 12.5. The van der Waals surface area contributed by atoms with E-state index < -0.39 is 23.2 Å². The number of likely N-dealkylation sites (tertiary alicyclic amines) is 1. The Kier molecular flexibility index (Phi) is 8.94. The van der Waals surface area contributed by atoms with E-state index in [1.54, 1.807) is 25.1 Å². The fraction of sp³-hybridized carbons (Fsp3) is 0.417. The Morgan fingerprint density at radius 2 is 1.85 bits per heavy atom. The molecule has 1 heterocycles. The van der Waals surface area contributed by atoms with Gasteiger partial charge in [-0.05, 0) is 31.4 Å². The number of hydrogen-bond acceptors (Lipinski definition) is 9. The molecule has 1 aliphatic rings. The van der Waals surface area contributed by atoms with Crippen molar-refractivity contribution in [2.45, 2.75) is 38.8 Å². The molecule has 1 fully saturated rings. The number of anilines is 1. The van der Waals surface area contributed by atoms with Crippen LogP contribution < -0.4 is 11.1 Å². The quantitative estimate of drug-likeness (QED) is 0.167. The molecule has 0 bridgehead atoms. The fourth-order valence-electron chi connectivity index (χ4n) is 4.07. The molecule has 3 rings (SSSR count). The van der Waals surface area contributed by atoms with Gasteiger partial charge >= 0.3 is 5.97 Å². The van der Waals surface area contributed by atoms with Crippen molar-refractivity contribution in [2.24, 2.45) is 17.6 Å². The molecular weight excluding hydrogens is 440 g/mol. The van der Waals surface area contributed by atoms with Gasteiger partial charge in [-0.15, -0.1) is 0 Å². The van der Waals surface area contributed by atoms with E-state index in [1.807, 2.05) is 35.2 Å². The van der Waals surface area contributed by atoms with Gasteiger partial charge in [0.15, 0.2) is 6.23 Å². The van der Waals surface area contributed by atoms with Crippen molar-refractivity contribution >= 4 is 23.8 Å². The van der Waals surface area contributed by atoms with Gasteiger partial charge in [-0.1, -0.05) is 42.5 Å². The molecule has 0 aromatic heterocycles. The molecule has 0 spiro atoms. The van der Waals surface area contributed by atoms with Gasteiger partial charge in [-0.25, -0.2) is 0 Å². The number of carbonyl (C=O) groups excluding carboxylic acids is 2. The first-order valence-electron chi connectivity index (χ1n) is 11.2. The van der Waals surface area contributed by atoms with E-state index in [9.17, 15) is 19.7 Å². The highest BCUT2D eigenvalue weighted by Crippen LogP contribution is 2.29. The summed E-state index contributed by atoms with van der Waals surface area (Å²) in [5.74, 6) is -0.958. The minimum Gasteiger partial charge on any atom is -0.461 e. The van der Waals surface area contributed by atoms with Crippen molar-refractivity contribution in [3.05, 3.63) is 70.3 Å². The second kappa shape index (κ2) is 12.1. The van der Waals surface area contributed by atoms with Crippen molar-refractivity contribution < 1.29 is 24.0 Å². The molecule has 2 aromatic carbocycles. The van der Waals surface area contributed by atoms with Gasteiger partial charge in [0.2, 0.25) is 0 Å². The normalized spacial score (nSPS) is 17.2. The van der Waals surface area contributed by atoms with Gasteiger partial charge in [-0.3, -0.25) is 24.6 Å². The van der Waals surface area contributed by atoms with E-state index >= 15 is 0 Å². The van der Waals surface area contributed by atoms with Gasteiger partial charge in [0.1, 0.15) is 12.3 Å². The van der Waals surface area contributed by atoms with E-state index in [0.29, 0.717) is 32.4 Å². The molecule has 0 saturated carbocycles. The molecule has 3 atom stereocenters. The van der Waals surface area contributed by atoms with Crippen LogP contribution in [0.1, 0.15) is 25.3 Å². The van der Waals surface area contributed by atoms with Crippen LogP contribution in [-0.2, 0) is 25.7 Å². The number of nitrogens with zero attached hydrogens (tertiary/aromatic N) is 2. The number of nitro groups is 1. The van der Waals surface area contributed by atoms with Crippen LogP contribution in [0.4, 0.5) is 11.4 Å². The van der Waals surface area contributed by atoms with Crippen molar-refractivity contribution in [3.8, 4) is 0 Å². The van der Waals surface area contributed by atoms with E-state index in [1.165, 1.54) is 6.07 Å². The van der Waals surface area contributed by atoms with Crippen LogP contribution in [-0.4, -0.2) is 47.7 Å². The Labute approximate surface area is 198 Å². The lowest BCUT2D eigenvalue weighted by Gasteiger charge is -2.39. The molecule has 0 aliphatic carbocycles. The zero-order valence-corrected chi connectivity index (χ0v) is 19.0. The van der Waals surface area contributed by atoms with Crippen LogP contribution in [0.3, 0.4) is 0 Å². The van der Waals surface area contributed by atoms with Crippen molar-refractivity contribution in [3.63, 3.8) is 0 Å². The third kappa shape index (κ3) is 6.52. The number of nitrogens with one attached hydrogen (secondary N) is 1. The summed E-state index contributed by atoms with van der Waals surface area (Å²) in [6.45, 7) is 3.45. The predicted octanol–water partition coefficient (Wildman–Crippen LogP) is 2.88. The van der Waals surface area contributed by atoms with E-state index in [4.69, 9.17) is 15.2 Å². The average Bonchev–Trinajstić information content (AvgIpc) is 2.87. The number of nitrogens with two attached hydrogens (primary N) is 1. The van der Waals surface area contributed by atoms with Crippen LogP contribution in [0.2, 0.25) is 0 Å². The Morgan fingerprint density at radius 3 is 2.50 bits per heavy atom. The molecule has 0 amide bonds. The minimum atomic E-state index is -0.717. The van der Waals surface area contributed by atoms with Crippen molar-refractivity contribution in [2.75, 3.05) is 18.4 Å². The lowest BCUT2D eigenvalue weighted by molar-refractivity contribution is -0.384. The van der Waals surface area contributed by atoms with Crippen LogP contribution in [0.15, 0.2) is 54.6 Å². The molecule has 10 nitrogen and oxygen atoms in total. The summed E-state index contributed by atoms with van der Waals surface area (Å²) in [4.78, 5) is 36.4. The summed E-state index contributed by atoms with van der Waals surface area (Å²) in [5, 5.41) is 14.3. The standard InChI is InChI=1S/C24H30N4O6/c1-17(24(30)33-15-18-7-3-2-4-8-18)22(25)27-13-11-19(12-14-27)23(34-16-29)26-20-9-5-6-10-21(20)28(31)32/h2-10,16-17,19,22-23,26H,11-15,25H2,1H3. The first-order chi connectivity index (χ1) is 16.4. The van der Waals surface area contributed by atoms with E-state index in [-0.39, 0.29) is 29.9 Å². The molecular formula is C24H30N4O6. The Hall–Kier alpha value is -3.50. The molecule has 1 aliphatic heterocycles. The number of nitro benzene ring substituents is 1. The van der Waals surface area contributed by atoms with E-state index in [0.717, 1.165) is 5.56 Å². The molecule has 34 heavy (non-hydrogen) atoms. The molecule has 182 valence electrons. The van der Waals surface area contributed by atoms with Gasteiger partial charge in [0.05, 0.1) is 17.0 Å². The lowest BCUT2D eigenvalue weighted by atomic mass is 9.93. The lowest BCUT2D eigenvalue weighted by Crippen LogP contribution is -2.53. The van der Waals surface area contributed by atoms with Crippen molar-refractivity contribution in [1.29, 1.82) is 0 Å². The average molecular weight is 471 g/mol. The van der Waals surface area contributed by atoms with E-state index in [2.05, 4.69) is 5.32 Å². The number of esters is 1. The first kappa shape index (κ1) is 25.1. The summed E-state index contributed by atoms with van der Waals surface area (Å²) in [5.41, 5.74) is 7.47. The molecule has 10 heteroatoms. The molecule has 2 aromatic rings. The second-order valence-corrected chi connectivity index (χ2v) is 8.32. The van der Waals surface area contributed by atoms with Gasteiger partial charge in [0.25, 0.3) is 12.2 Å². The van der Waals surface area contributed by atoms with Crippen LogP contribution in [0.5, 0.6) is 0 Å². The highest BCUT2D eigenvalue weighted by Gasteiger charge is 2.34. The third-order valence-corrected chi connectivity index (χ3v) is 6.13. The summed E-state index contributed by atoms with van der Waals surface area (Å²) < 4.78 is 10.7. The molecule has 3 N–H and O–H groups in total. The maximum Gasteiger partial charge on any atom is 0.311 e. The zero-order valence-electron chi connectivity index (χ0n) is 19.0. The summed E-state index contributed by atoms with van der Waals surface area (Å²) in [6, 6.07) is 15.7. The number of piperidine rings is 1. The summed E-state index contributed by atoms with van der Waals surface area (Å²) >= 11 is 0. The topological polar surface area (TPSA) is 137 Å². The molecule has 3 unspecified atom stereocenters. The largest absolute Gasteiger partial charge is 0.461 e. The molecule has 1 saturated heterocycles. The SMILES string of the molecule is CC(C(=O)OCc1ccccc1)C(N)N1CCC(C(Nc2ccccc2[N+](=O)[O-])OC=O)CC1. The van der Waals surface area contributed by atoms with Crippen LogP contribution in [0, 0.1) is 22.0 Å². The maximum atomic E-state index is 12.5. The van der Waals surface area contributed by atoms with Crippen LogP contribution >= 0.6 is 0 Å². The monoisotopic (exact) mass is 470 g/mol. The molecule has 0 radical (unpaired) electrons. The first-order valence-corrected chi connectivity index (χ1v) is 11.2. The predicted molar refractivity (Wildman–Crippen MR) is 125 cm³/mol. The Bertz CT molecular complexity index is 965. The number of benzene rings is 2. The van der Waals surface area contributed by atoms with Crippen molar-refractivity contribution in [1.82, 2.24) is 4.90 Å². The Balaban J connectivity index is 1.54.